The van der Waals surface area contributed by atoms with Gasteiger partial charge < -0.3 is 9.88 Å². The summed E-state index contributed by atoms with van der Waals surface area (Å²) in [6.45, 7) is 3.20. The third kappa shape index (κ3) is 2.62. The molecule has 0 aliphatic heterocycles. The van der Waals surface area contributed by atoms with Crippen LogP contribution in [0.3, 0.4) is 0 Å². The minimum atomic E-state index is 0.973. The van der Waals surface area contributed by atoms with Gasteiger partial charge in [0.1, 0.15) is 5.82 Å². The van der Waals surface area contributed by atoms with Crippen molar-refractivity contribution < 1.29 is 0 Å². The molecule has 0 unspecified atom stereocenters. The highest BCUT2D eigenvalue weighted by Gasteiger charge is 1.92. The second-order valence-electron chi connectivity index (χ2n) is 2.70. The Morgan fingerprint density at radius 1 is 1.64 bits per heavy atom. The van der Waals surface area contributed by atoms with Crippen LogP contribution in [0.4, 0.5) is 5.82 Å². The van der Waals surface area contributed by atoms with Crippen molar-refractivity contribution in [3.8, 4) is 0 Å². The van der Waals surface area contributed by atoms with Gasteiger partial charge in [-0.25, -0.2) is 4.98 Å². The quantitative estimate of drug-likeness (QED) is 0.666. The lowest BCUT2D eigenvalue weighted by atomic mass is 10.3. The highest BCUT2D eigenvalue weighted by atomic mass is 15.1. The lowest BCUT2D eigenvalue weighted by Crippen LogP contribution is -2.00. The molecule has 1 heterocycles. The smallest absolute Gasteiger partial charge is 0.144 e. The van der Waals surface area contributed by atoms with Crippen LogP contribution in [0.5, 0.6) is 0 Å². The predicted octanol–water partition coefficient (Wildman–Crippen LogP) is 1.63. The Labute approximate surface area is 67.4 Å². The minimum Gasteiger partial charge on any atom is -0.369 e. The van der Waals surface area contributed by atoms with Gasteiger partial charge in [-0.1, -0.05) is 13.3 Å². The first-order chi connectivity index (χ1) is 5.33. The molecule has 0 radical (unpaired) electrons. The lowest BCUT2D eigenvalue weighted by molar-refractivity contribution is 0.831. The molecular formula is C8H15N3. The number of aryl methyl sites for hydroxylation is 1. The molecule has 11 heavy (non-hydrogen) atoms. The van der Waals surface area contributed by atoms with E-state index in [0.717, 1.165) is 12.4 Å². The molecule has 3 nitrogen and oxygen atoms in total. The Morgan fingerprint density at radius 2 is 2.45 bits per heavy atom. The summed E-state index contributed by atoms with van der Waals surface area (Å²) in [6.07, 6.45) is 6.21. The molecule has 0 spiro atoms. The van der Waals surface area contributed by atoms with Crippen LogP contribution in [0.1, 0.15) is 19.8 Å². The Balaban J connectivity index is 2.27. The second kappa shape index (κ2) is 4.01. The summed E-state index contributed by atoms with van der Waals surface area (Å²) in [4.78, 5) is 4.14. The highest BCUT2D eigenvalue weighted by molar-refractivity contribution is 5.30. The Bertz CT molecular complexity index is 205. The number of anilines is 1. The SMILES string of the molecule is CCCCNc1cn(C)cn1. The van der Waals surface area contributed by atoms with Crippen LogP contribution >= 0.6 is 0 Å². The van der Waals surface area contributed by atoms with Crippen LogP contribution in [0, 0.1) is 0 Å². The lowest BCUT2D eigenvalue weighted by Gasteiger charge is -1.98. The predicted molar refractivity (Wildman–Crippen MR) is 46.6 cm³/mol. The molecule has 0 saturated heterocycles. The summed E-state index contributed by atoms with van der Waals surface area (Å²) in [5.41, 5.74) is 0. The van der Waals surface area contributed by atoms with E-state index in [1.54, 1.807) is 6.33 Å². The van der Waals surface area contributed by atoms with Gasteiger partial charge in [-0.15, -0.1) is 0 Å². The molecule has 0 aliphatic carbocycles. The Morgan fingerprint density at radius 3 is 3.00 bits per heavy atom. The van der Waals surface area contributed by atoms with E-state index >= 15 is 0 Å². The zero-order valence-electron chi connectivity index (χ0n) is 7.17. The van der Waals surface area contributed by atoms with E-state index in [9.17, 15) is 0 Å². The summed E-state index contributed by atoms with van der Waals surface area (Å²) >= 11 is 0. The number of rotatable bonds is 4. The Hall–Kier alpha value is -0.990. The average Bonchev–Trinajstić information content (AvgIpc) is 2.37. The van der Waals surface area contributed by atoms with Gasteiger partial charge in [0.05, 0.1) is 6.33 Å². The fourth-order valence-corrected chi connectivity index (χ4v) is 0.897. The van der Waals surface area contributed by atoms with Gasteiger partial charge in [-0.05, 0) is 6.42 Å². The molecular weight excluding hydrogens is 138 g/mol. The molecule has 0 atom stereocenters. The molecule has 1 aromatic rings. The number of unbranched alkanes of at least 4 members (excludes halogenated alkanes) is 1. The van der Waals surface area contributed by atoms with Gasteiger partial charge in [0.25, 0.3) is 0 Å². The maximum absolute atomic E-state index is 4.14. The van der Waals surface area contributed by atoms with Crippen molar-refractivity contribution in [3.05, 3.63) is 12.5 Å². The number of hydrogen-bond donors (Lipinski definition) is 1. The normalized spacial score (nSPS) is 10.0. The van der Waals surface area contributed by atoms with E-state index < -0.39 is 0 Å². The molecule has 1 aromatic heterocycles. The number of nitrogens with zero attached hydrogens (tertiary/aromatic N) is 2. The summed E-state index contributed by atoms with van der Waals surface area (Å²) in [5.74, 6) is 0.973. The van der Waals surface area contributed by atoms with Gasteiger partial charge >= 0.3 is 0 Å². The summed E-state index contributed by atoms with van der Waals surface area (Å²) < 4.78 is 1.94. The standard InChI is InChI=1S/C8H15N3/c1-3-4-5-9-8-6-11(2)7-10-8/h6-7,9H,3-5H2,1-2H3. The average molecular weight is 153 g/mol. The van der Waals surface area contributed by atoms with Gasteiger partial charge in [0.15, 0.2) is 0 Å². The van der Waals surface area contributed by atoms with Crippen molar-refractivity contribution in [1.82, 2.24) is 9.55 Å². The van der Waals surface area contributed by atoms with Crippen molar-refractivity contribution in [2.75, 3.05) is 11.9 Å². The van der Waals surface area contributed by atoms with E-state index in [2.05, 4.69) is 17.2 Å². The van der Waals surface area contributed by atoms with Crippen LogP contribution in [0.25, 0.3) is 0 Å². The van der Waals surface area contributed by atoms with Gasteiger partial charge in [-0.3, -0.25) is 0 Å². The van der Waals surface area contributed by atoms with Crippen molar-refractivity contribution in [1.29, 1.82) is 0 Å². The van der Waals surface area contributed by atoms with Crippen molar-refractivity contribution in [2.24, 2.45) is 7.05 Å². The van der Waals surface area contributed by atoms with Gasteiger partial charge in [0, 0.05) is 19.8 Å². The molecule has 0 saturated carbocycles. The monoisotopic (exact) mass is 153 g/mol. The fourth-order valence-electron chi connectivity index (χ4n) is 0.897. The molecule has 1 rings (SSSR count). The minimum absolute atomic E-state index is 0.973. The molecule has 3 heteroatoms. The number of aromatic nitrogens is 2. The molecule has 0 fully saturated rings. The van der Waals surface area contributed by atoms with Crippen LogP contribution in [-0.2, 0) is 7.05 Å². The van der Waals surface area contributed by atoms with E-state index in [-0.39, 0.29) is 0 Å². The summed E-state index contributed by atoms with van der Waals surface area (Å²) in [7, 11) is 1.97. The highest BCUT2D eigenvalue weighted by Crippen LogP contribution is 2.00. The topological polar surface area (TPSA) is 29.9 Å². The van der Waals surface area contributed by atoms with E-state index in [1.165, 1.54) is 12.8 Å². The number of hydrogen-bond acceptors (Lipinski definition) is 2. The Kier molecular flexibility index (Phi) is 2.95. The van der Waals surface area contributed by atoms with Gasteiger partial charge in [0.2, 0.25) is 0 Å². The number of nitrogens with one attached hydrogen (secondary N) is 1. The maximum Gasteiger partial charge on any atom is 0.144 e. The molecule has 0 aromatic carbocycles. The van der Waals surface area contributed by atoms with Crippen molar-refractivity contribution in [3.63, 3.8) is 0 Å². The second-order valence-corrected chi connectivity index (χ2v) is 2.70. The van der Waals surface area contributed by atoms with Crippen LogP contribution < -0.4 is 5.32 Å². The first-order valence-corrected chi connectivity index (χ1v) is 4.04. The zero-order chi connectivity index (χ0) is 8.10. The number of imidazole rings is 1. The first kappa shape index (κ1) is 8.11. The molecule has 0 bridgehead atoms. The molecule has 0 aliphatic rings. The molecule has 62 valence electrons. The summed E-state index contributed by atoms with van der Waals surface area (Å²) in [5, 5.41) is 3.23. The first-order valence-electron chi connectivity index (χ1n) is 4.04. The van der Waals surface area contributed by atoms with E-state index in [4.69, 9.17) is 0 Å². The zero-order valence-corrected chi connectivity index (χ0v) is 7.17. The van der Waals surface area contributed by atoms with Crippen LogP contribution in [0.2, 0.25) is 0 Å². The van der Waals surface area contributed by atoms with Crippen molar-refractivity contribution >= 4 is 5.82 Å². The summed E-state index contributed by atoms with van der Waals surface area (Å²) in [6, 6.07) is 0. The van der Waals surface area contributed by atoms with Gasteiger partial charge in [-0.2, -0.15) is 0 Å². The van der Waals surface area contributed by atoms with Crippen LogP contribution in [-0.4, -0.2) is 16.1 Å². The largest absolute Gasteiger partial charge is 0.369 e. The fraction of sp³-hybridized carbons (Fsp3) is 0.625. The third-order valence-electron chi connectivity index (χ3n) is 1.54. The third-order valence-corrected chi connectivity index (χ3v) is 1.54. The maximum atomic E-state index is 4.14. The molecule has 0 amide bonds. The van der Waals surface area contributed by atoms with E-state index in [1.807, 2.05) is 17.8 Å². The van der Waals surface area contributed by atoms with Crippen molar-refractivity contribution in [2.45, 2.75) is 19.8 Å². The molecule has 1 N–H and O–H groups in total. The van der Waals surface area contributed by atoms with Crippen LogP contribution in [0.15, 0.2) is 12.5 Å². The van der Waals surface area contributed by atoms with E-state index in [0.29, 0.717) is 0 Å².